The average molecular weight is 492 g/mol. The van der Waals surface area contributed by atoms with Crippen molar-refractivity contribution in [3.05, 3.63) is 59.7 Å². The largest absolute Gasteiger partial charge is 0.497 e. The third-order valence-corrected chi connectivity index (χ3v) is 6.19. The molecule has 10 heteroatoms. The van der Waals surface area contributed by atoms with Crippen molar-refractivity contribution >= 4 is 40.2 Å². The zero-order chi connectivity index (χ0) is 25.8. The molecule has 2 heterocycles. The van der Waals surface area contributed by atoms with Crippen LogP contribution >= 0.6 is 0 Å². The van der Waals surface area contributed by atoms with Crippen molar-refractivity contribution in [3.63, 3.8) is 0 Å². The maximum Gasteiger partial charge on any atom is 0.336 e. The molecular weight excluding hydrogens is 462 g/mol. The van der Waals surface area contributed by atoms with Crippen LogP contribution in [-0.4, -0.2) is 91.6 Å². The molecule has 36 heavy (non-hydrogen) atoms. The Hall–Kier alpha value is -4.18. The first kappa shape index (κ1) is 24.9. The monoisotopic (exact) mass is 491 g/mol. The van der Waals surface area contributed by atoms with Crippen LogP contribution in [-0.2, 0) is 4.79 Å². The Morgan fingerprint density at radius 2 is 1.72 bits per heavy atom. The number of ether oxygens (including phenoxy) is 1. The predicted octanol–water partition coefficient (Wildman–Crippen LogP) is 2.40. The summed E-state index contributed by atoms with van der Waals surface area (Å²) in [6.07, 6.45) is 0. The lowest BCUT2D eigenvalue weighted by Crippen LogP contribution is -2.49. The lowest BCUT2D eigenvalue weighted by molar-refractivity contribution is -0.129. The molecule has 2 N–H and O–H groups in total. The van der Waals surface area contributed by atoms with Crippen LogP contribution in [0, 0.1) is 0 Å². The molecule has 0 unspecified atom stereocenters. The molecule has 0 spiro atoms. The summed E-state index contributed by atoms with van der Waals surface area (Å²) >= 11 is 0. The number of carbonyl (C=O) groups excluding carboxylic acids is 2. The molecule has 1 saturated heterocycles. The second-order valence-electron chi connectivity index (χ2n) is 8.80. The predicted molar refractivity (Wildman–Crippen MR) is 137 cm³/mol. The molecule has 4 rings (SSSR count). The maximum atomic E-state index is 12.6. The van der Waals surface area contributed by atoms with E-state index in [4.69, 9.17) is 9.72 Å². The second-order valence-corrected chi connectivity index (χ2v) is 8.80. The second kappa shape index (κ2) is 10.6. The van der Waals surface area contributed by atoms with Crippen molar-refractivity contribution < 1.29 is 24.2 Å². The molecular formula is C26H29N5O5. The smallest absolute Gasteiger partial charge is 0.336 e. The molecule has 1 aliphatic rings. The van der Waals surface area contributed by atoms with Gasteiger partial charge < -0.3 is 25.0 Å². The summed E-state index contributed by atoms with van der Waals surface area (Å²) in [7, 11) is 5.03. The highest BCUT2D eigenvalue weighted by atomic mass is 16.5. The van der Waals surface area contributed by atoms with Crippen LogP contribution in [0.5, 0.6) is 5.75 Å². The summed E-state index contributed by atoms with van der Waals surface area (Å²) in [5.74, 6) is -0.112. The summed E-state index contributed by atoms with van der Waals surface area (Å²) in [5.41, 5.74) is 1.56. The fraction of sp³-hybridized carbons (Fsp3) is 0.308. The highest BCUT2D eigenvalue weighted by Gasteiger charge is 2.22. The molecule has 3 aromatic rings. The van der Waals surface area contributed by atoms with Gasteiger partial charge in [0.2, 0.25) is 5.91 Å². The number of amides is 2. The van der Waals surface area contributed by atoms with Gasteiger partial charge in [0, 0.05) is 56.9 Å². The lowest BCUT2D eigenvalue weighted by atomic mass is 10.1. The molecule has 1 fully saturated rings. The van der Waals surface area contributed by atoms with Crippen LogP contribution in [0.2, 0.25) is 0 Å². The van der Waals surface area contributed by atoms with Gasteiger partial charge in [-0.2, -0.15) is 0 Å². The van der Waals surface area contributed by atoms with Crippen LogP contribution in [0.25, 0.3) is 10.9 Å². The Bertz CT molecular complexity index is 1280. The number of pyridine rings is 1. The molecule has 10 nitrogen and oxygen atoms in total. The van der Waals surface area contributed by atoms with Gasteiger partial charge in [-0.3, -0.25) is 14.5 Å². The van der Waals surface area contributed by atoms with Gasteiger partial charge in [-0.15, -0.1) is 0 Å². The summed E-state index contributed by atoms with van der Waals surface area (Å²) in [5, 5.41) is 13.2. The molecule has 2 aromatic carbocycles. The Morgan fingerprint density at radius 3 is 2.33 bits per heavy atom. The number of carboxylic acid groups (broad SMARTS) is 1. The normalized spacial score (nSPS) is 13.9. The van der Waals surface area contributed by atoms with E-state index in [1.54, 1.807) is 74.6 Å². The molecule has 1 aromatic heterocycles. The Labute approximate surface area is 209 Å². The maximum absolute atomic E-state index is 12.6. The van der Waals surface area contributed by atoms with Gasteiger partial charge in [-0.1, -0.05) is 0 Å². The number of piperazine rings is 1. The fourth-order valence-corrected chi connectivity index (χ4v) is 4.04. The van der Waals surface area contributed by atoms with Crippen molar-refractivity contribution in [3.8, 4) is 5.75 Å². The number of aromatic carboxylic acids is 1. The molecule has 2 amide bonds. The number of carboxylic acids is 1. The quantitative estimate of drug-likeness (QED) is 0.518. The minimum atomic E-state index is -1.07. The van der Waals surface area contributed by atoms with Crippen molar-refractivity contribution in [2.45, 2.75) is 0 Å². The van der Waals surface area contributed by atoms with Crippen LogP contribution in [0.4, 0.5) is 11.5 Å². The van der Waals surface area contributed by atoms with E-state index in [-0.39, 0.29) is 17.4 Å². The van der Waals surface area contributed by atoms with Crippen molar-refractivity contribution in [2.75, 3.05) is 64.1 Å². The van der Waals surface area contributed by atoms with Crippen LogP contribution in [0.3, 0.4) is 0 Å². The molecule has 0 atom stereocenters. The van der Waals surface area contributed by atoms with Gasteiger partial charge in [-0.25, -0.2) is 9.78 Å². The first-order chi connectivity index (χ1) is 17.2. The molecule has 1 aliphatic heterocycles. The third-order valence-electron chi connectivity index (χ3n) is 6.19. The zero-order valence-electron chi connectivity index (χ0n) is 20.5. The number of aromatic nitrogens is 1. The van der Waals surface area contributed by atoms with Gasteiger partial charge in [-0.05, 0) is 48.5 Å². The first-order valence-electron chi connectivity index (χ1n) is 11.6. The van der Waals surface area contributed by atoms with E-state index in [1.807, 2.05) is 4.90 Å². The molecule has 0 bridgehead atoms. The van der Waals surface area contributed by atoms with Crippen LogP contribution < -0.4 is 15.0 Å². The van der Waals surface area contributed by atoms with Crippen molar-refractivity contribution in [1.82, 2.24) is 14.8 Å². The van der Waals surface area contributed by atoms with E-state index < -0.39 is 5.97 Å². The third kappa shape index (κ3) is 5.55. The number of rotatable bonds is 7. The number of hydrogen-bond donors (Lipinski definition) is 2. The van der Waals surface area contributed by atoms with E-state index in [9.17, 15) is 19.5 Å². The Morgan fingerprint density at radius 1 is 1.03 bits per heavy atom. The summed E-state index contributed by atoms with van der Waals surface area (Å²) in [6, 6.07) is 13.3. The average Bonchev–Trinajstić information content (AvgIpc) is 2.88. The fourth-order valence-electron chi connectivity index (χ4n) is 4.04. The van der Waals surface area contributed by atoms with Crippen molar-refractivity contribution in [2.24, 2.45) is 0 Å². The minimum absolute atomic E-state index is 0.0512. The number of hydrogen-bond acceptors (Lipinski definition) is 7. The molecule has 188 valence electrons. The number of anilines is 2. The minimum Gasteiger partial charge on any atom is -0.497 e. The zero-order valence-corrected chi connectivity index (χ0v) is 20.5. The number of nitrogens with zero attached hydrogens (tertiary/aromatic N) is 4. The van der Waals surface area contributed by atoms with E-state index >= 15 is 0 Å². The molecule has 0 aliphatic carbocycles. The lowest BCUT2D eigenvalue weighted by Gasteiger charge is -2.35. The highest BCUT2D eigenvalue weighted by Crippen LogP contribution is 2.27. The van der Waals surface area contributed by atoms with Gasteiger partial charge in [0.1, 0.15) is 11.6 Å². The molecule has 0 saturated carbocycles. The molecule has 0 radical (unpaired) electrons. The highest BCUT2D eigenvalue weighted by molar-refractivity contribution is 6.08. The summed E-state index contributed by atoms with van der Waals surface area (Å²) in [6.45, 7) is 2.98. The number of carbonyl (C=O) groups is 3. The SMILES string of the molecule is COc1ccc(C(=O)Nc2ccc3nc(N4CCN(CC(=O)N(C)C)CC4)cc(C(=O)O)c3c2)cc1. The number of nitrogens with one attached hydrogen (secondary N) is 1. The van der Waals surface area contributed by atoms with E-state index in [2.05, 4.69) is 10.2 Å². The van der Waals surface area contributed by atoms with E-state index in [0.717, 1.165) is 0 Å². The van der Waals surface area contributed by atoms with E-state index in [0.29, 0.717) is 66.4 Å². The van der Waals surface area contributed by atoms with E-state index in [1.165, 1.54) is 0 Å². The Kier molecular flexibility index (Phi) is 7.35. The van der Waals surface area contributed by atoms with Gasteiger partial charge in [0.15, 0.2) is 0 Å². The number of benzene rings is 2. The Balaban J connectivity index is 1.52. The summed E-state index contributed by atoms with van der Waals surface area (Å²) in [4.78, 5) is 47.1. The van der Waals surface area contributed by atoms with Gasteiger partial charge >= 0.3 is 5.97 Å². The van der Waals surface area contributed by atoms with Crippen LogP contribution in [0.1, 0.15) is 20.7 Å². The topological polar surface area (TPSA) is 115 Å². The number of likely N-dealkylation sites (N-methyl/N-ethyl adjacent to an activating group) is 1. The standard InChI is InChI=1S/C26H29N5O5/c1-29(2)24(32)16-30-10-12-31(13-11-30)23-15-21(26(34)35)20-14-18(6-9-22(20)28-23)27-25(33)17-4-7-19(36-3)8-5-17/h4-9,14-15H,10-13,16H2,1-3H3,(H,27,33)(H,34,35). The number of fused-ring (bicyclic) bond motifs is 1. The van der Waals surface area contributed by atoms with Crippen LogP contribution in [0.15, 0.2) is 48.5 Å². The van der Waals surface area contributed by atoms with Gasteiger partial charge in [0.05, 0.1) is 24.7 Å². The first-order valence-corrected chi connectivity index (χ1v) is 11.6. The summed E-state index contributed by atoms with van der Waals surface area (Å²) < 4.78 is 5.12. The van der Waals surface area contributed by atoms with Gasteiger partial charge in [0.25, 0.3) is 5.91 Å². The number of methoxy groups -OCH3 is 1. The van der Waals surface area contributed by atoms with Crippen molar-refractivity contribution in [1.29, 1.82) is 0 Å².